The molecule has 0 spiro atoms. The van der Waals surface area contributed by atoms with Crippen LogP contribution in [0.5, 0.6) is 0 Å². The highest BCUT2D eigenvalue weighted by molar-refractivity contribution is 8.00. The molecule has 1 amide bonds. The predicted molar refractivity (Wildman–Crippen MR) is 120 cm³/mol. The fraction of sp³-hybridized carbons (Fsp3) is 0.783. The largest absolute Gasteiger partial charge is 0.483 e. The SMILES string of the molecule is C[C@H]1C=CC2CCCCC2C1.O=CO.O=C[C@@H]1C(=O)N2CCCC2(O)[C@@H]1SCCCO. The summed E-state index contributed by atoms with van der Waals surface area (Å²) < 4.78 is 0. The molecular weight excluding hydrogens is 418 g/mol. The number of aliphatic hydroxyl groups is 2. The molecule has 3 unspecified atom stereocenters. The summed E-state index contributed by atoms with van der Waals surface area (Å²) in [6, 6.07) is 0. The molecule has 0 aromatic rings. The van der Waals surface area contributed by atoms with Gasteiger partial charge in [0.1, 0.15) is 12.2 Å². The summed E-state index contributed by atoms with van der Waals surface area (Å²) >= 11 is 1.42. The van der Waals surface area contributed by atoms with Crippen molar-refractivity contribution in [2.24, 2.45) is 23.7 Å². The molecular formula is C23H37NO6S. The maximum absolute atomic E-state index is 11.9. The zero-order chi connectivity index (χ0) is 22.9. The highest BCUT2D eigenvalue weighted by atomic mass is 32.2. The Morgan fingerprint density at radius 2 is 1.94 bits per heavy atom. The molecule has 0 bridgehead atoms. The van der Waals surface area contributed by atoms with Gasteiger partial charge in [0.15, 0.2) is 5.72 Å². The van der Waals surface area contributed by atoms with Gasteiger partial charge >= 0.3 is 0 Å². The third-order valence-electron chi connectivity index (χ3n) is 6.80. The average Bonchev–Trinajstić information content (AvgIpc) is 3.24. The number of allylic oxidation sites excluding steroid dienone is 2. The van der Waals surface area contributed by atoms with E-state index in [1.807, 2.05) is 0 Å². The first kappa shape index (κ1) is 25.9. The molecule has 4 aliphatic rings. The van der Waals surface area contributed by atoms with Gasteiger partial charge < -0.3 is 25.0 Å². The first-order chi connectivity index (χ1) is 14.9. The minimum atomic E-state index is -1.15. The predicted octanol–water partition coefficient (Wildman–Crippen LogP) is 2.70. The Morgan fingerprint density at radius 1 is 1.23 bits per heavy atom. The van der Waals surface area contributed by atoms with Crippen molar-refractivity contribution in [3.63, 3.8) is 0 Å². The van der Waals surface area contributed by atoms with Gasteiger partial charge in [0.05, 0.1) is 5.25 Å². The Balaban J connectivity index is 0.000000209. The zero-order valence-electron chi connectivity index (χ0n) is 18.4. The Kier molecular flexibility index (Phi) is 10.5. The van der Waals surface area contributed by atoms with E-state index in [1.165, 1.54) is 48.8 Å². The lowest BCUT2D eigenvalue weighted by Crippen LogP contribution is -2.45. The van der Waals surface area contributed by atoms with Crippen LogP contribution in [0.2, 0.25) is 0 Å². The van der Waals surface area contributed by atoms with E-state index < -0.39 is 11.6 Å². The van der Waals surface area contributed by atoms with Crippen LogP contribution >= 0.6 is 11.8 Å². The smallest absolute Gasteiger partial charge is 0.290 e. The number of rotatable bonds is 5. The van der Waals surface area contributed by atoms with Gasteiger partial charge in [0.25, 0.3) is 6.47 Å². The lowest BCUT2D eigenvalue weighted by atomic mass is 9.72. The minimum absolute atomic E-state index is 0.0849. The summed E-state index contributed by atoms with van der Waals surface area (Å²) in [6.45, 7) is 2.72. The molecule has 176 valence electrons. The van der Waals surface area contributed by atoms with Gasteiger partial charge in [0, 0.05) is 13.2 Å². The quantitative estimate of drug-likeness (QED) is 0.253. The molecule has 6 atom stereocenters. The van der Waals surface area contributed by atoms with E-state index in [4.69, 9.17) is 15.0 Å². The van der Waals surface area contributed by atoms with Crippen LogP contribution in [0.15, 0.2) is 12.2 Å². The maximum atomic E-state index is 11.9. The first-order valence-electron chi connectivity index (χ1n) is 11.4. The van der Waals surface area contributed by atoms with Gasteiger partial charge in [-0.3, -0.25) is 9.59 Å². The maximum Gasteiger partial charge on any atom is 0.290 e. The lowest BCUT2D eigenvalue weighted by Gasteiger charge is -2.34. The monoisotopic (exact) mass is 455 g/mol. The fourth-order valence-electron chi connectivity index (χ4n) is 5.33. The van der Waals surface area contributed by atoms with Crippen molar-refractivity contribution in [2.75, 3.05) is 18.9 Å². The van der Waals surface area contributed by atoms with Crippen molar-refractivity contribution >= 4 is 30.4 Å². The second-order valence-electron chi connectivity index (χ2n) is 8.91. The molecule has 0 radical (unpaired) electrons. The number of thioether (sulfide) groups is 1. The molecule has 2 aliphatic carbocycles. The summed E-state index contributed by atoms with van der Waals surface area (Å²) in [5.74, 6) is 2.53. The lowest BCUT2D eigenvalue weighted by molar-refractivity contribution is -0.140. The molecule has 3 fully saturated rings. The van der Waals surface area contributed by atoms with Crippen LogP contribution in [0.4, 0.5) is 0 Å². The number of aliphatic hydroxyl groups excluding tert-OH is 1. The zero-order valence-corrected chi connectivity index (χ0v) is 19.2. The molecule has 2 aliphatic heterocycles. The Hall–Kier alpha value is -1.38. The average molecular weight is 456 g/mol. The van der Waals surface area contributed by atoms with E-state index in [-0.39, 0.29) is 24.2 Å². The van der Waals surface area contributed by atoms with Gasteiger partial charge in [-0.25, -0.2) is 0 Å². The van der Waals surface area contributed by atoms with Crippen LogP contribution < -0.4 is 0 Å². The molecule has 0 aromatic heterocycles. The van der Waals surface area contributed by atoms with Crippen molar-refractivity contribution in [2.45, 2.75) is 69.3 Å². The number of carbonyl (C=O) groups excluding carboxylic acids is 2. The minimum Gasteiger partial charge on any atom is -0.483 e. The Bertz CT molecular complexity index is 629. The van der Waals surface area contributed by atoms with E-state index in [2.05, 4.69) is 19.1 Å². The Morgan fingerprint density at radius 3 is 2.61 bits per heavy atom. The van der Waals surface area contributed by atoms with Crippen LogP contribution in [-0.2, 0) is 14.4 Å². The number of fused-ring (bicyclic) bond motifs is 2. The normalized spacial score (nSPS) is 35.8. The van der Waals surface area contributed by atoms with E-state index in [0.29, 0.717) is 31.4 Å². The van der Waals surface area contributed by atoms with Crippen LogP contribution in [-0.4, -0.2) is 68.8 Å². The molecule has 31 heavy (non-hydrogen) atoms. The van der Waals surface area contributed by atoms with Crippen molar-refractivity contribution in [1.82, 2.24) is 4.90 Å². The topological polar surface area (TPSA) is 115 Å². The summed E-state index contributed by atoms with van der Waals surface area (Å²) in [6.07, 6.45) is 14.9. The summed E-state index contributed by atoms with van der Waals surface area (Å²) in [5.41, 5.74) is -1.15. The van der Waals surface area contributed by atoms with Gasteiger partial charge in [0.2, 0.25) is 5.91 Å². The van der Waals surface area contributed by atoms with Crippen LogP contribution in [0.25, 0.3) is 0 Å². The molecule has 4 rings (SSSR count). The van der Waals surface area contributed by atoms with Crippen molar-refractivity contribution in [3.8, 4) is 0 Å². The number of hydrogen-bond donors (Lipinski definition) is 3. The highest BCUT2D eigenvalue weighted by Gasteiger charge is 2.59. The highest BCUT2D eigenvalue weighted by Crippen LogP contribution is 2.46. The number of carboxylic acid groups (broad SMARTS) is 1. The number of aldehydes is 1. The Labute approximate surface area is 189 Å². The molecule has 1 saturated carbocycles. The van der Waals surface area contributed by atoms with Gasteiger partial charge in [-0.05, 0) is 62.0 Å². The molecule has 3 N–H and O–H groups in total. The van der Waals surface area contributed by atoms with Crippen molar-refractivity contribution in [3.05, 3.63) is 12.2 Å². The standard InChI is InChI=1S/C11H17NO4S.C11H18.CH2O2/c13-5-2-6-17-9-8(7-14)10(15)12-4-1-3-11(9,12)16;1-9-6-7-10-4-2-3-5-11(10)8-9;2-1-3/h7-9,13,16H,1-6H2;6-7,9-11H,2-5,8H2,1H3;1H,(H,2,3)/t8-,9+,11?;9-,10?,11?;/m00./s1. The molecule has 7 nitrogen and oxygen atoms in total. The van der Waals surface area contributed by atoms with Crippen LogP contribution in [0.1, 0.15) is 58.3 Å². The van der Waals surface area contributed by atoms with Crippen LogP contribution in [0.3, 0.4) is 0 Å². The third-order valence-corrected chi connectivity index (χ3v) is 8.36. The number of carbonyl (C=O) groups is 3. The van der Waals surface area contributed by atoms with Crippen molar-refractivity contribution in [1.29, 1.82) is 0 Å². The molecule has 2 saturated heterocycles. The number of amides is 1. The van der Waals surface area contributed by atoms with Gasteiger partial charge in [-0.2, -0.15) is 11.8 Å². The second kappa shape index (κ2) is 12.6. The summed E-state index contributed by atoms with van der Waals surface area (Å²) in [4.78, 5) is 32.8. The summed E-state index contributed by atoms with van der Waals surface area (Å²) in [7, 11) is 0. The van der Waals surface area contributed by atoms with Crippen molar-refractivity contribution < 1.29 is 29.7 Å². The summed E-state index contributed by atoms with van der Waals surface area (Å²) in [5, 5.41) is 25.8. The van der Waals surface area contributed by atoms with Crippen LogP contribution in [0, 0.1) is 23.7 Å². The first-order valence-corrected chi connectivity index (χ1v) is 12.5. The molecule has 0 aromatic carbocycles. The molecule has 8 heteroatoms. The number of nitrogens with zero attached hydrogens (tertiary/aromatic N) is 1. The van der Waals surface area contributed by atoms with E-state index in [0.717, 1.165) is 24.2 Å². The fourth-order valence-corrected chi connectivity index (χ4v) is 6.78. The van der Waals surface area contributed by atoms with E-state index in [9.17, 15) is 14.7 Å². The third kappa shape index (κ3) is 6.33. The van der Waals surface area contributed by atoms with Gasteiger partial charge in [-0.15, -0.1) is 0 Å². The second-order valence-corrected chi connectivity index (χ2v) is 10.2. The number of hydrogen-bond acceptors (Lipinski definition) is 6. The van der Waals surface area contributed by atoms with E-state index >= 15 is 0 Å². The molecule has 2 heterocycles. The van der Waals surface area contributed by atoms with Gasteiger partial charge in [-0.1, -0.05) is 31.9 Å². The van der Waals surface area contributed by atoms with E-state index in [1.54, 1.807) is 0 Å².